The van der Waals surface area contributed by atoms with Gasteiger partial charge in [0.15, 0.2) is 11.5 Å². The number of thiophene rings is 1. The van der Waals surface area contributed by atoms with Gasteiger partial charge >= 0.3 is 11.9 Å². The van der Waals surface area contributed by atoms with Crippen molar-refractivity contribution in [1.29, 1.82) is 0 Å². The number of carboxylic acids is 2. The molecule has 5 aliphatic carbocycles. The summed E-state index contributed by atoms with van der Waals surface area (Å²) in [5, 5.41) is 41.0. The van der Waals surface area contributed by atoms with E-state index in [4.69, 9.17) is 19.7 Å². The fraction of sp³-hybridized carbons (Fsp3) is 0.600. The number of phenolic OH excluding ortho intramolecular Hbond substituents is 1. The highest BCUT2D eigenvalue weighted by Gasteiger charge is 2.81. The molecule has 7 aliphatic rings. The zero-order chi connectivity index (χ0) is 31.8. The number of carboxylic acid groups (broad SMARTS) is 2. The van der Waals surface area contributed by atoms with Gasteiger partial charge in [0.1, 0.15) is 11.7 Å². The van der Waals surface area contributed by atoms with Crippen LogP contribution in [0.3, 0.4) is 0 Å². The summed E-state index contributed by atoms with van der Waals surface area (Å²) in [4.78, 5) is 23.3. The number of aliphatic hydroxyl groups is 1. The molecule has 4 bridgehead atoms. The minimum Gasteiger partial charge on any atom is -0.504 e. The van der Waals surface area contributed by atoms with E-state index in [1.54, 1.807) is 11.3 Å². The molecule has 5 fully saturated rings. The van der Waals surface area contributed by atoms with Crippen LogP contribution >= 0.6 is 11.3 Å². The van der Waals surface area contributed by atoms with Crippen LogP contribution in [0, 0.1) is 17.3 Å². The molecule has 1 saturated heterocycles. The molecular weight excluding hydrogens is 594 g/mol. The maximum Gasteiger partial charge on any atom is 0.328 e. The number of ether oxygens (including phenoxy) is 2. The Morgan fingerprint density at radius 2 is 1.91 bits per heavy atom. The quantitative estimate of drug-likeness (QED) is 0.287. The summed E-state index contributed by atoms with van der Waals surface area (Å²) < 4.78 is 13.5. The van der Waals surface area contributed by atoms with Crippen LogP contribution in [0.4, 0.5) is 0 Å². The van der Waals surface area contributed by atoms with Crippen molar-refractivity contribution in [1.82, 2.24) is 4.90 Å². The SMILES string of the molecule is CO[C@@]12CC[C@@]3(CC1[C@](C)(O)CCc1cccs1)[C@H]1Cc4ccc(O)c5c4[C@@]3(CCN1CC1CC1)[C@H]2O5.O=C(O)/C=C\C(=O)O. The number of hydrogen-bond acceptors (Lipinski definition) is 8. The number of aromatic hydroxyl groups is 1. The molecule has 7 atom stereocenters. The van der Waals surface area contributed by atoms with E-state index < -0.39 is 23.1 Å². The number of rotatable bonds is 9. The number of benzene rings is 1. The van der Waals surface area contributed by atoms with Crippen LogP contribution in [-0.2, 0) is 32.6 Å². The van der Waals surface area contributed by atoms with Gasteiger partial charge in [-0.3, -0.25) is 4.90 Å². The van der Waals surface area contributed by atoms with Gasteiger partial charge in [0.05, 0.1) is 5.60 Å². The fourth-order valence-corrected chi connectivity index (χ4v) is 11.0. The highest BCUT2D eigenvalue weighted by Crippen LogP contribution is 2.77. The molecule has 10 heteroatoms. The Kier molecular flexibility index (Phi) is 7.39. The third-order valence-electron chi connectivity index (χ3n) is 12.2. The van der Waals surface area contributed by atoms with E-state index >= 15 is 0 Å². The monoisotopic (exact) mass is 637 g/mol. The Balaban J connectivity index is 0.000000363. The lowest BCUT2D eigenvalue weighted by atomic mass is 9.33. The summed E-state index contributed by atoms with van der Waals surface area (Å²) in [6, 6.07) is 8.75. The minimum absolute atomic E-state index is 0.0155. The van der Waals surface area contributed by atoms with Crippen molar-refractivity contribution in [3.05, 3.63) is 57.8 Å². The van der Waals surface area contributed by atoms with Crippen LogP contribution in [0.5, 0.6) is 11.5 Å². The Hall–Kier alpha value is -2.92. The molecule has 0 radical (unpaired) electrons. The van der Waals surface area contributed by atoms with Gasteiger partial charge in [0.2, 0.25) is 0 Å². The molecule has 4 saturated carbocycles. The van der Waals surface area contributed by atoms with Crippen molar-refractivity contribution < 1.29 is 39.5 Å². The van der Waals surface area contributed by atoms with Crippen molar-refractivity contribution in [3.63, 3.8) is 0 Å². The molecule has 1 aromatic heterocycles. The first-order valence-corrected chi connectivity index (χ1v) is 17.1. The number of fused-ring (bicyclic) bond motifs is 2. The van der Waals surface area contributed by atoms with Crippen molar-refractivity contribution in [2.75, 3.05) is 20.2 Å². The van der Waals surface area contributed by atoms with Crippen molar-refractivity contribution in [2.24, 2.45) is 17.3 Å². The smallest absolute Gasteiger partial charge is 0.328 e. The predicted octanol–water partition coefficient (Wildman–Crippen LogP) is 4.77. The summed E-state index contributed by atoms with van der Waals surface area (Å²) in [7, 11) is 1.84. The number of carbonyl (C=O) groups is 2. The van der Waals surface area contributed by atoms with E-state index in [-0.39, 0.29) is 28.6 Å². The predicted molar refractivity (Wildman–Crippen MR) is 168 cm³/mol. The molecule has 2 aromatic rings. The van der Waals surface area contributed by atoms with E-state index in [9.17, 15) is 19.8 Å². The van der Waals surface area contributed by atoms with Gasteiger partial charge in [-0.1, -0.05) is 12.1 Å². The van der Waals surface area contributed by atoms with Crippen molar-refractivity contribution in [3.8, 4) is 11.5 Å². The minimum atomic E-state index is -1.26. The molecule has 3 heterocycles. The maximum atomic E-state index is 12.3. The first kappa shape index (κ1) is 30.7. The van der Waals surface area contributed by atoms with E-state index in [2.05, 4.69) is 35.4 Å². The average Bonchev–Trinajstić information content (AvgIpc) is 3.51. The Bertz CT molecular complexity index is 1500. The lowest BCUT2D eigenvalue weighted by Gasteiger charge is -2.75. The molecule has 1 aromatic carbocycles. The van der Waals surface area contributed by atoms with Crippen LogP contribution in [-0.4, -0.2) is 80.8 Å². The Morgan fingerprint density at radius 1 is 1.16 bits per heavy atom. The second-order valence-corrected chi connectivity index (χ2v) is 15.4. The van der Waals surface area contributed by atoms with Crippen molar-refractivity contribution >= 4 is 23.3 Å². The molecule has 9 nitrogen and oxygen atoms in total. The molecule has 1 unspecified atom stereocenters. The van der Waals surface area contributed by atoms with Crippen LogP contribution in [0.1, 0.15) is 67.9 Å². The fourth-order valence-electron chi connectivity index (χ4n) is 10.3. The largest absolute Gasteiger partial charge is 0.504 e. The zero-order valence-corrected chi connectivity index (χ0v) is 26.7. The second kappa shape index (κ2) is 10.8. The average molecular weight is 638 g/mol. The molecule has 2 spiro atoms. The van der Waals surface area contributed by atoms with E-state index in [1.807, 2.05) is 13.2 Å². The van der Waals surface area contributed by atoms with Crippen LogP contribution in [0.15, 0.2) is 41.8 Å². The highest BCUT2D eigenvalue weighted by atomic mass is 32.1. The third-order valence-corrected chi connectivity index (χ3v) is 13.2. The number of hydrogen-bond donors (Lipinski definition) is 4. The van der Waals surface area contributed by atoms with Crippen LogP contribution in [0.25, 0.3) is 0 Å². The standard InChI is InChI=1S/C31H39NO4S.C4H4O4/c1-28(34,10-9-21-4-3-15-37-21)23-17-29-11-12-31(23,35-2)27-30(29)13-14-32(18-19-5-6-19)24(29)16-20-7-8-22(33)26(36-27)25(20)30;5-3(6)1-2-4(7)8/h3-4,7-8,15,19,23-24,27,33-34H,5-6,9-14,16-18H2,1-2H3;1-2H,(H,5,6)(H,7,8)/b;2-1-/t23?,24-,27-,28-,29-,30+,31+;/m1./s1. The summed E-state index contributed by atoms with van der Waals surface area (Å²) in [6.07, 6.45) is 10.4. The van der Waals surface area contributed by atoms with Gasteiger partial charge in [-0.2, -0.15) is 0 Å². The van der Waals surface area contributed by atoms with Gasteiger partial charge in [-0.05, 0) is 100 Å². The highest BCUT2D eigenvalue weighted by molar-refractivity contribution is 7.09. The molecule has 45 heavy (non-hydrogen) atoms. The first-order chi connectivity index (χ1) is 21.5. The van der Waals surface area contributed by atoms with Gasteiger partial charge in [0, 0.05) is 59.0 Å². The lowest BCUT2D eigenvalue weighted by Crippen LogP contribution is -2.82. The summed E-state index contributed by atoms with van der Waals surface area (Å²) >= 11 is 1.77. The number of nitrogens with zero attached hydrogens (tertiary/aromatic N) is 1. The topological polar surface area (TPSA) is 137 Å². The van der Waals surface area contributed by atoms with Crippen LogP contribution < -0.4 is 4.74 Å². The Morgan fingerprint density at radius 3 is 2.56 bits per heavy atom. The molecule has 242 valence electrons. The summed E-state index contributed by atoms with van der Waals surface area (Å²) in [5.41, 5.74) is 1.11. The number of likely N-dealkylation sites (tertiary alicyclic amines) is 1. The van der Waals surface area contributed by atoms with Crippen LogP contribution in [0.2, 0.25) is 0 Å². The number of aliphatic carboxylic acids is 2. The van der Waals surface area contributed by atoms with E-state index in [0.717, 1.165) is 57.4 Å². The van der Waals surface area contributed by atoms with E-state index in [1.165, 1.54) is 35.4 Å². The molecule has 2 aliphatic heterocycles. The zero-order valence-electron chi connectivity index (χ0n) is 25.9. The Labute approximate surface area is 267 Å². The molecular formula is C35H43NO8S. The van der Waals surface area contributed by atoms with Gasteiger partial charge in [-0.25, -0.2) is 9.59 Å². The molecule has 0 amide bonds. The molecule has 9 rings (SSSR count). The van der Waals surface area contributed by atoms with Gasteiger partial charge in [0.25, 0.3) is 0 Å². The number of methoxy groups -OCH3 is 1. The summed E-state index contributed by atoms with van der Waals surface area (Å²) in [5.74, 6) is -0.697. The lowest BCUT2D eigenvalue weighted by molar-refractivity contribution is -0.302. The second-order valence-electron chi connectivity index (χ2n) is 14.3. The summed E-state index contributed by atoms with van der Waals surface area (Å²) in [6.45, 7) is 4.36. The first-order valence-electron chi connectivity index (χ1n) is 16.2. The molecule has 4 N–H and O–H groups in total. The van der Waals surface area contributed by atoms with Gasteiger partial charge in [-0.15, -0.1) is 11.3 Å². The number of phenols is 1. The maximum absolute atomic E-state index is 12.3. The number of aryl methyl sites for hydroxylation is 1. The third kappa shape index (κ3) is 4.58. The normalized spacial score (nSPS) is 35.2. The van der Waals surface area contributed by atoms with Crippen molar-refractivity contribution in [2.45, 2.75) is 93.5 Å². The van der Waals surface area contributed by atoms with E-state index in [0.29, 0.717) is 23.9 Å². The van der Waals surface area contributed by atoms with Gasteiger partial charge < -0.3 is 29.9 Å². The number of piperidine rings is 1.